The average Bonchev–Trinajstić information content (AvgIpc) is 2.57. The molecule has 1 aliphatic carbocycles. The normalized spacial score (nSPS) is 23.8. The molecule has 130 valence electrons. The predicted octanol–water partition coefficient (Wildman–Crippen LogP) is 3.55. The maximum absolute atomic E-state index is 12.6. The molecule has 1 heterocycles. The summed E-state index contributed by atoms with van der Waals surface area (Å²) in [4.78, 5) is 24.4. The number of ketones is 2. The Hall–Kier alpha value is -1.94. The molecule has 0 aromatic heterocycles. The lowest BCUT2D eigenvalue weighted by Crippen LogP contribution is -2.48. The summed E-state index contributed by atoms with van der Waals surface area (Å²) in [5.74, 6) is -1.31. The molecule has 0 amide bonds. The van der Waals surface area contributed by atoms with E-state index in [2.05, 4.69) is 0 Å². The predicted molar refractivity (Wildman–Crippen MR) is 90.3 cm³/mol. The van der Waals surface area contributed by atoms with E-state index in [1.807, 2.05) is 0 Å². The number of aliphatic hydroxyl groups is 1. The van der Waals surface area contributed by atoms with Gasteiger partial charge in [-0.1, -0.05) is 12.1 Å². The van der Waals surface area contributed by atoms with Crippen LogP contribution >= 0.6 is 22.6 Å². The number of alkyl halides is 3. The van der Waals surface area contributed by atoms with E-state index >= 15 is 0 Å². The molecule has 0 fully saturated rings. The maximum Gasteiger partial charge on any atom is 0.416 e. The van der Waals surface area contributed by atoms with Crippen molar-refractivity contribution in [2.75, 3.05) is 0 Å². The Balaban J connectivity index is 2.02. The van der Waals surface area contributed by atoms with E-state index in [-0.39, 0.29) is 20.5 Å². The Bertz CT molecular complexity index is 874. The van der Waals surface area contributed by atoms with E-state index in [4.69, 9.17) is 4.74 Å². The number of benzene rings is 1. The molecule has 1 unspecified atom stereocenters. The quantitative estimate of drug-likeness (QED) is 0.513. The molecule has 1 aliphatic heterocycles. The second-order valence-electron chi connectivity index (χ2n) is 5.69. The molecule has 1 aromatic rings. The molecule has 3 rings (SSSR count). The highest BCUT2D eigenvalue weighted by atomic mass is 127. The Kier molecular flexibility index (Phi) is 4.15. The Morgan fingerprint density at radius 3 is 2.28 bits per heavy atom. The molecule has 8 heteroatoms. The molecule has 0 bridgehead atoms. The molecule has 0 saturated carbocycles. The molecule has 4 nitrogen and oxygen atoms in total. The third-order valence-corrected chi connectivity index (χ3v) is 5.00. The van der Waals surface area contributed by atoms with Crippen molar-refractivity contribution in [2.45, 2.75) is 18.7 Å². The van der Waals surface area contributed by atoms with Gasteiger partial charge in [0.1, 0.15) is 12.0 Å². The lowest BCUT2D eigenvalue weighted by molar-refractivity contribution is -0.144. The summed E-state index contributed by atoms with van der Waals surface area (Å²) >= 11 is 1.73. The topological polar surface area (TPSA) is 63.6 Å². The van der Waals surface area contributed by atoms with Crippen molar-refractivity contribution in [3.63, 3.8) is 0 Å². The minimum absolute atomic E-state index is 0.0460. The third-order valence-electron chi connectivity index (χ3n) is 3.93. The summed E-state index contributed by atoms with van der Waals surface area (Å²) in [6.07, 6.45) is -1.94. The Morgan fingerprint density at radius 2 is 1.72 bits per heavy atom. The molecular weight excluding hydrogens is 452 g/mol. The fourth-order valence-electron chi connectivity index (χ4n) is 2.46. The van der Waals surface area contributed by atoms with Crippen LogP contribution in [0.15, 0.2) is 51.3 Å². The van der Waals surface area contributed by atoms with Crippen molar-refractivity contribution in [2.24, 2.45) is 0 Å². The van der Waals surface area contributed by atoms with Crippen LogP contribution in [0.3, 0.4) is 0 Å². The van der Waals surface area contributed by atoms with Crippen molar-refractivity contribution in [1.82, 2.24) is 0 Å². The smallest absolute Gasteiger partial charge is 0.416 e. The van der Waals surface area contributed by atoms with E-state index in [0.717, 1.165) is 25.3 Å². The van der Waals surface area contributed by atoms with Crippen molar-refractivity contribution in [1.29, 1.82) is 0 Å². The number of hydrogen-bond acceptors (Lipinski definition) is 4. The first-order valence-electron chi connectivity index (χ1n) is 7.02. The number of halogens is 4. The van der Waals surface area contributed by atoms with Gasteiger partial charge in [0.05, 0.1) is 14.7 Å². The first-order chi connectivity index (χ1) is 11.5. The van der Waals surface area contributed by atoms with Gasteiger partial charge in [0.25, 0.3) is 0 Å². The molecule has 1 atom stereocenters. The highest BCUT2D eigenvalue weighted by Gasteiger charge is 2.48. The lowest BCUT2D eigenvalue weighted by atomic mass is 9.80. The average molecular weight is 462 g/mol. The van der Waals surface area contributed by atoms with Gasteiger partial charge < -0.3 is 9.84 Å². The number of carbonyl (C=O) groups is 2. The van der Waals surface area contributed by atoms with Gasteiger partial charge in [-0.25, -0.2) is 0 Å². The largest absolute Gasteiger partial charge is 0.464 e. The molecular formula is C17H10F3IO4. The number of carbonyl (C=O) groups excluding carboxylic acids is 2. The van der Waals surface area contributed by atoms with Gasteiger partial charge in [0, 0.05) is 11.1 Å². The molecule has 0 saturated heterocycles. The van der Waals surface area contributed by atoms with Crippen LogP contribution in [0, 0.1) is 0 Å². The first kappa shape index (κ1) is 17.9. The first-order valence-corrected chi connectivity index (χ1v) is 8.09. The van der Waals surface area contributed by atoms with Gasteiger partial charge in [-0.15, -0.1) is 0 Å². The summed E-state index contributed by atoms with van der Waals surface area (Å²) in [6.45, 7) is 1.11. The van der Waals surface area contributed by atoms with Crippen LogP contribution in [0.2, 0.25) is 0 Å². The van der Waals surface area contributed by atoms with Crippen molar-refractivity contribution < 1.29 is 32.6 Å². The fraction of sp³-hybridized carbons (Fsp3) is 0.176. The minimum atomic E-state index is -4.45. The zero-order valence-electron chi connectivity index (χ0n) is 12.6. The third kappa shape index (κ3) is 2.93. The lowest BCUT2D eigenvalue weighted by Gasteiger charge is -2.29. The number of ether oxygens (including phenoxy) is 1. The zero-order valence-corrected chi connectivity index (χ0v) is 14.8. The molecule has 0 radical (unpaired) electrons. The highest BCUT2D eigenvalue weighted by molar-refractivity contribution is 14.1. The number of fused-ring (bicyclic) bond motifs is 1. The monoisotopic (exact) mass is 462 g/mol. The van der Waals surface area contributed by atoms with Crippen LogP contribution in [0.4, 0.5) is 13.2 Å². The molecule has 0 spiro atoms. The van der Waals surface area contributed by atoms with Gasteiger partial charge >= 0.3 is 6.18 Å². The van der Waals surface area contributed by atoms with Gasteiger partial charge in [-0.3, -0.25) is 9.59 Å². The number of allylic oxidation sites excluding steroid dienone is 2. The van der Waals surface area contributed by atoms with Crippen LogP contribution in [-0.2, 0) is 20.5 Å². The summed E-state index contributed by atoms with van der Waals surface area (Å²) in [5.41, 5.74) is -2.27. The van der Waals surface area contributed by atoms with Crippen LogP contribution in [0.1, 0.15) is 18.1 Å². The number of Topliss-reactive ketones (excluding diaryl/α,β-unsaturated/α-hetero) is 2. The molecule has 1 aromatic carbocycles. The highest BCUT2D eigenvalue weighted by Crippen LogP contribution is 2.39. The summed E-state index contributed by atoms with van der Waals surface area (Å²) in [6, 6.07) is 4.31. The minimum Gasteiger partial charge on any atom is -0.464 e. The standard InChI is InChI=1S/C17H10F3IO4/c1-16(24)14(22)11-7-25-12(6-10(11)13(21)15(16)23)8-2-4-9(5-3-8)17(18,19)20/h2-7,24H,1H3. The van der Waals surface area contributed by atoms with Crippen LogP contribution in [0.25, 0.3) is 5.76 Å². The molecule has 1 N–H and O–H groups in total. The van der Waals surface area contributed by atoms with Crippen LogP contribution in [-0.4, -0.2) is 22.3 Å². The van der Waals surface area contributed by atoms with Gasteiger partial charge in [0.2, 0.25) is 11.6 Å². The van der Waals surface area contributed by atoms with E-state index in [1.165, 1.54) is 18.2 Å². The Morgan fingerprint density at radius 1 is 1.12 bits per heavy atom. The number of rotatable bonds is 1. The van der Waals surface area contributed by atoms with E-state index < -0.39 is 28.9 Å². The summed E-state index contributed by atoms with van der Waals surface area (Å²) in [7, 11) is 0. The fourth-order valence-corrected chi connectivity index (χ4v) is 3.43. The maximum atomic E-state index is 12.6. The van der Waals surface area contributed by atoms with Crippen molar-refractivity contribution in [3.8, 4) is 0 Å². The van der Waals surface area contributed by atoms with E-state index in [0.29, 0.717) is 5.56 Å². The number of hydrogen-bond donors (Lipinski definition) is 1. The molecule has 2 aliphatic rings. The van der Waals surface area contributed by atoms with Gasteiger partial charge in [0.15, 0.2) is 5.60 Å². The molecule has 25 heavy (non-hydrogen) atoms. The Labute approximate surface area is 153 Å². The van der Waals surface area contributed by atoms with Crippen LogP contribution in [0.5, 0.6) is 0 Å². The van der Waals surface area contributed by atoms with Gasteiger partial charge in [-0.05, 0) is 47.7 Å². The van der Waals surface area contributed by atoms with E-state index in [1.54, 1.807) is 22.6 Å². The van der Waals surface area contributed by atoms with Crippen LogP contribution < -0.4 is 0 Å². The summed E-state index contributed by atoms with van der Waals surface area (Å²) in [5, 5.41) is 10.0. The second-order valence-corrected chi connectivity index (χ2v) is 6.77. The zero-order chi connectivity index (χ0) is 18.6. The second kappa shape index (κ2) is 5.80. The van der Waals surface area contributed by atoms with Crippen molar-refractivity contribution in [3.05, 3.63) is 62.5 Å². The SMILES string of the molecule is CC1(O)C(=O)C2=COC(c3ccc(C(F)(F)F)cc3)=CC2=C(I)C1=O. The van der Waals surface area contributed by atoms with Gasteiger partial charge in [-0.2, -0.15) is 13.2 Å². The van der Waals surface area contributed by atoms with Crippen molar-refractivity contribution >= 4 is 39.9 Å². The summed E-state index contributed by atoms with van der Waals surface area (Å²) < 4.78 is 43.4. The van der Waals surface area contributed by atoms with E-state index in [9.17, 15) is 27.9 Å².